The molecule has 0 saturated carbocycles. The van der Waals surface area contributed by atoms with Gasteiger partial charge in [0.15, 0.2) is 0 Å². The third-order valence-corrected chi connectivity index (χ3v) is 2.38. The number of halogens is 4. The second-order valence-corrected chi connectivity index (χ2v) is 3.87. The van der Waals surface area contributed by atoms with E-state index >= 15 is 0 Å². The Hall–Kier alpha value is -0.780. The van der Waals surface area contributed by atoms with Gasteiger partial charge in [0.25, 0.3) is 0 Å². The van der Waals surface area contributed by atoms with Crippen molar-refractivity contribution >= 4 is 11.6 Å². The highest BCUT2D eigenvalue weighted by atomic mass is 35.5. The van der Waals surface area contributed by atoms with Crippen LogP contribution in [0.15, 0.2) is 18.2 Å². The minimum Gasteiger partial charge on any atom is -0.395 e. The van der Waals surface area contributed by atoms with E-state index in [2.05, 4.69) is 0 Å². The minimum atomic E-state index is -4.45. The summed E-state index contributed by atoms with van der Waals surface area (Å²) in [5, 5.41) is 8.36. The van der Waals surface area contributed by atoms with Crippen LogP contribution in [0.1, 0.15) is 11.1 Å². The maximum atomic E-state index is 12.4. The van der Waals surface area contributed by atoms with Gasteiger partial charge in [0, 0.05) is 6.04 Å². The quantitative estimate of drug-likeness (QED) is 0.868. The minimum absolute atomic E-state index is 0.224. The Balaban J connectivity index is 2.91. The molecule has 16 heavy (non-hydrogen) atoms. The highest BCUT2D eigenvalue weighted by Crippen LogP contribution is 2.34. The van der Waals surface area contributed by atoms with Gasteiger partial charge in [-0.25, -0.2) is 0 Å². The predicted octanol–water partition coefficient (Wildman–Crippen LogP) is 2.22. The predicted molar refractivity (Wildman–Crippen MR) is 55.2 cm³/mol. The molecule has 0 spiro atoms. The maximum absolute atomic E-state index is 12.4. The Morgan fingerprint density at radius 2 is 2.00 bits per heavy atom. The van der Waals surface area contributed by atoms with Gasteiger partial charge in [-0.2, -0.15) is 13.2 Å². The van der Waals surface area contributed by atoms with Crippen LogP contribution in [-0.4, -0.2) is 17.8 Å². The highest BCUT2D eigenvalue weighted by molar-refractivity contribution is 6.31. The van der Waals surface area contributed by atoms with E-state index in [0.717, 1.165) is 6.07 Å². The molecule has 0 aliphatic heterocycles. The molecular weight excluding hydrogens is 243 g/mol. The smallest absolute Gasteiger partial charge is 0.395 e. The first-order chi connectivity index (χ1) is 7.34. The Kier molecular flexibility index (Phi) is 4.18. The van der Waals surface area contributed by atoms with Crippen LogP contribution in [0.5, 0.6) is 0 Å². The number of alkyl halides is 3. The van der Waals surface area contributed by atoms with Crippen molar-refractivity contribution in [3.05, 3.63) is 34.3 Å². The number of hydrogen-bond acceptors (Lipinski definition) is 2. The second kappa shape index (κ2) is 5.03. The van der Waals surface area contributed by atoms with Gasteiger partial charge in [0.05, 0.1) is 17.2 Å². The van der Waals surface area contributed by atoms with Crippen LogP contribution in [0.25, 0.3) is 0 Å². The van der Waals surface area contributed by atoms with Crippen molar-refractivity contribution in [2.75, 3.05) is 6.61 Å². The summed E-state index contributed by atoms with van der Waals surface area (Å²) in [4.78, 5) is 0. The van der Waals surface area contributed by atoms with E-state index in [4.69, 9.17) is 22.4 Å². The molecule has 0 heterocycles. The Morgan fingerprint density at radius 3 is 2.44 bits per heavy atom. The van der Waals surface area contributed by atoms with Crippen molar-refractivity contribution in [1.29, 1.82) is 0 Å². The summed E-state index contributed by atoms with van der Waals surface area (Å²) in [7, 11) is 0. The Bertz CT molecular complexity index is 368. The fourth-order valence-electron chi connectivity index (χ4n) is 1.28. The number of rotatable bonds is 3. The van der Waals surface area contributed by atoms with E-state index in [-0.39, 0.29) is 18.1 Å². The van der Waals surface area contributed by atoms with E-state index in [1.54, 1.807) is 0 Å². The summed E-state index contributed by atoms with van der Waals surface area (Å²) in [6.45, 7) is -0.224. The first kappa shape index (κ1) is 13.3. The first-order valence-corrected chi connectivity index (χ1v) is 4.94. The van der Waals surface area contributed by atoms with E-state index < -0.39 is 17.8 Å². The monoisotopic (exact) mass is 253 g/mol. The second-order valence-electron chi connectivity index (χ2n) is 3.46. The van der Waals surface area contributed by atoms with Gasteiger partial charge in [0.2, 0.25) is 0 Å². The number of benzene rings is 1. The number of nitrogens with two attached hydrogens (primary N) is 1. The molecule has 1 aromatic carbocycles. The third-order valence-electron chi connectivity index (χ3n) is 2.07. The summed E-state index contributed by atoms with van der Waals surface area (Å²) in [5.41, 5.74) is 5.17. The zero-order chi connectivity index (χ0) is 12.3. The molecule has 1 aromatic rings. The molecule has 1 rings (SSSR count). The molecule has 0 aliphatic rings. The lowest BCUT2D eigenvalue weighted by Crippen LogP contribution is -2.26. The summed E-state index contributed by atoms with van der Waals surface area (Å²) in [6.07, 6.45) is -4.16. The Morgan fingerprint density at radius 1 is 1.38 bits per heavy atom. The lowest BCUT2D eigenvalue weighted by atomic mass is 10.0. The zero-order valence-electron chi connectivity index (χ0n) is 8.26. The summed E-state index contributed by atoms with van der Waals surface area (Å²) < 4.78 is 37.1. The van der Waals surface area contributed by atoms with E-state index in [1.807, 2.05) is 0 Å². The van der Waals surface area contributed by atoms with Gasteiger partial charge in [-0.15, -0.1) is 0 Å². The molecule has 0 bridgehead atoms. The molecule has 3 N–H and O–H groups in total. The number of hydrogen-bond donors (Lipinski definition) is 2. The highest BCUT2D eigenvalue weighted by Gasteiger charge is 2.32. The van der Waals surface area contributed by atoms with E-state index in [1.165, 1.54) is 12.1 Å². The molecule has 2 nitrogen and oxygen atoms in total. The Labute approximate surface area is 95.8 Å². The lowest BCUT2D eigenvalue weighted by molar-refractivity contribution is -0.137. The first-order valence-electron chi connectivity index (χ1n) is 4.56. The molecule has 1 unspecified atom stereocenters. The molecule has 0 amide bonds. The topological polar surface area (TPSA) is 46.2 Å². The van der Waals surface area contributed by atoms with Gasteiger partial charge in [0.1, 0.15) is 0 Å². The van der Waals surface area contributed by atoms with Crippen molar-refractivity contribution in [3.63, 3.8) is 0 Å². The van der Waals surface area contributed by atoms with Crippen LogP contribution in [0, 0.1) is 0 Å². The molecule has 0 aromatic heterocycles. The molecular formula is C10H11ClF3NO. The van der Waals surface area contributed by atoms with Gasteiger partial charge in [-0.3, -0.25) is 0 Å². The SMILES string of the molecule is NC(CO)Cc1ccc(C(F)(F)F)c(Cl)c1. The normalized spacial score (nSPS) is 13.9. The molecule has 0 radical (unpaired) electrons. The van der Waals surface area contributed by atoms with Crippen molar-refractivity contribution in [2.24, 2.45) is 5.73 Å². The van der Waals surface area contributed by atoms with Crippen LogP contribution in [-0.2, 0) is 12.6 Å². The van der Waals surface area contributed by atoms with Crippen molar-refractivity contribution in [2.45, 2.75) is 18.6 Å². The summed E-state index contributed by atoms with van der Waals surface area (Å²) in [6, 6.07) is 2.96. The fourth-order valence-corrected chi connectivity index (χ4v) is 1.59. The van der Waals surface area contributed by atoms with Gasteiger partial charge >= 0.3 is 6.18 Å². The fraction of sp³-hybridized carbons (Fsp3) is 0.400. The zero-order valence-corrected chi connectivity index (χ0v) is 9.02. The average molecular weight is 254 g/mol. The lowest BCUT2D eigenvalue weighted by Gasteiger charge is -2.12. The molecule has 0 saturated heterocycles. The molecule has 0 fully saturated rings. The summed E-state index contributed by atoms with van der Waals surface area (Å²) >= 11 is 5.52. The average Bonchev–Trinajstić information content (AvgIpc) is 2.15. The number of aliphatic hydroxyl groups is 1. The van der Waals surface area contributed by atoms with Crippen molar-refractivity contribution in [1.82, 2.24) is 0 Å². The van der Waals surface area contributed by atoms with Crippen LogP contribution in [0.4, 0.5) is 13.2 Å². The van der Waals surface area contributed by atoms with E-state index in [0.29, 0.717) is 5.56 Å². The number of aliphatic hydroxyl groups excluding tert-OH is 1. The molecule has 6 heteroatoms. The third kappa shape index (κ3) is 3.37. The largest absolute Gasteiger partial charge is 0.417 e. The van der Waals surface area contributed by atoms with Crippen LogP contribution >= 0.6 is 11.6 Å². The maximum Gasteiger partial charge on any atom is 0.417 e. The molecule has 1 atom stereocenters. The van der Waals surface area contributed by atoms with Gasteiger partial charge in [-0.05, 0) is 24.1 Å². The van der Waals surface area contributed by atoms with Crippen molar-refractivity contribution in [3.8, 4) is 0 Å². The van der Waals surface area contributed by atoms with Crippen molar-refractivity contribution < 1.29 is 18.3 Å². The van der Waals surface area contributed by atoms with Gasteiger partial charge in [-0.1, -0.05) is 17.7 Å². The standard InChI is InChI=1S/C10H11ClF3NO/c11-9-4-6(3-7(15)5-16)1-2-8(9)10(12,13)14/h1-2,4,7,16H,3,5,15H2. The van der Waals surface area contributed by atoms with Crippen LogP contribution < -0.4 is 5.73 Å². The summed E-state index contributed by atoms with van der Waals surface area (Å²) in [5.74, 6) is 0. The van der Waals surface area contributed by atoms with E-state index in [9.17, 15) is 13.2 Å². The van der Waals surface area contributed by atoms with Gasteiger partial charge < -0.3 is 10.8 Å². The van der Waals surface area contributed by atoms with Crippen LogP contribution in [0.3, 0.4) is 0 Å². The molecule has 90 valence electrons. The molecule has 0 aliphatic carbocycles. The van der Waals surface area contributed by atoms with Crippen LogP contribution in [0.2, 0.25) is 5.02 Å².